The van der Waals surface area contributed by atoms with Crippen LogP contribution in [0.3, 0.4) is 0 Å². The number of anilines is 1. The van der Waals surface area contributed by atoms with Gasteiger partial charge in [-0.25, -0.2) is 0 Å². The number of rotatable bonds is 6. The van der Waals surface area contributed by atoms with Crippen molar-refractivity contribution in [3.05, 3.63) is 40.3 Å². The highest BCUT2D eigenvalue weighted by Gasteiger charge is 2.37. The van der Waals surface area contributed by atoms with E-state index in [4.69, 9.17) is 0 Å². The van der Waals surface area contributed by atoms with Crippen LogP contribution in [0.5, 0.6) is 0 Å². The van der Waals surface area contributed by atoms with Crippen molar-refractivity contribution in [2.24, 2.45) is 0 Å². The molecule has 1 aliphatic rings. The van der Waals surface area contributed by atoms with Crippen molar-refractivity contribution in [1.82, 2.24) is 0 Å². The highest BCUT2D eigenvalue weighted by Crippen LogP contribution is 2.52. The van der Waals surface area contributed by atoms with Crippen molar-refractivity contribution < 1.29 is 15.0 Å². The van der Waals surface area contributed by atoms with E-state index >= 15 is 0 Å². The molecule has 0 spiro atoms. The molecule has 1 aromatic carbocycles. The zero-order valence-electron chi connectivity index (χ0n) is 13.4. The first-order valence-corrected chi connectivity index (χ1v) is 8.55. The van der Waals surface area contributed by atoms with E-state index in [2.05, 4.69) is 26.0 Å². The van der Waals surface area contributed by atoms with Crippen LogP contribution in [0.1, 0.15) is 34.6 Å². The number of benzene rings is 1. The monoisotopic (exact) mass is 331 g/mol. The van der Waals surface area contributed by atoms with Crippen LogP contribution in [-0.4, -0.2) is 42.8 Å². The van der Waals surface area contributed by atoms with Crippen molar-refractivity contribution in [2.75, 3.05) is 31.2 Å². The molecule has 2 N–H and O–H groups in total. The summed E-state index contributed by atoms with van der Waals surface area (Å²) in [6.45, 7) is 5.44. The number of carbonyl (C=O) groups is 1. The van der Waals surface area contributed by atoms with Gasteiger partial charge in [-0.15, -0.1) is 11.3 Å². The van der Waals surface area contributed by atoms with Gasteiger partial charge in [0, 0.05) is 29.1 Å². The second-order valence-corrected chi connectivity index (χ2v) is 7.38. The van der Waals surface area contributed by atoms with E-state index < -0.39 is 0 Å². The highest BCUT2D eigenvalue weighted by molar-refractivity contribution is 7.17. The Morgan fingerprint density at radius 3 is 2.43 bits per heavy atom. The molecule has 2 aromatic rings. The summed E-state index contributed by atoms with van der Waals surface area (Å²) in [7, 11) is 0. The number of nitrogens with zero attached hydrogens (tertiary/aromatic N) is 1. The molecule has 0 aliphatic heterocycles. The molecule has 0 radical (unpaired) electrons. The summed E-state index contributed by atoms with van der Waals surface area (Å²) < 4.78 is 0. The van der Waals surface area contributed by atoms with Crippen molar-refractivity contribution in [3.63, 3.8) is 0 Å². The Bertz CT molecular complexity index is 730. The predicted octanol–water partition coefficient (Wildman–Crippen LogP) is 2.66. The maximum absolute atomic E-state index is 11.1. The molecular formula is C18H21NO3S. The number of aliphatic hydroxyl groups excluding tert-OH is 2. The number of thiophene rings is 1. The molecule has 0 saturated heterocycles. The first kappa shape index (κ1) is 16.2. The van der Waals surface area contributed by atoms with Crippen LogP contribution in [0, 0.1) is 0 Å². The normalized spacial score (nSPS) is 14.4. The van der Waals surface area contributed by atoms with Gasteiger partial charge in [-0.3, -0.25) is 4.79 Å². The van der Waals surface area contributed by atoms with Crippen molar-refractivity contribution in [2.45, 2.75) is 19.3 Å². The molecule has 122 valence electrons. The summed E-state index contributed by atoms with van der Waals surface area (Å²) in [5.41, 5.74) is 4.47. The fraction of sp³-hybridized carbons (Fsp3) is 0.389. The van der Waals surface area contributed by atoms with Gasteiger partial charge in [-0.1, -0.05) is 19.9 Å². The predicted molar refractivity (Wildman–Crippen MR) is 93.7 cm³/mol. The van der Waals surface area contributed by atoms with Crippen LogP contribution < -0.4 is 4.90 Å². The van der Waals surface area contributed by atoms with Crippen molar-refractivity contribution in [3.8, 4) is 10.4 Å². The molecule has 0 saturated carbocycles. The smallest absolute Gasteiger partial charge is 0.160 e. The molecule has 1 aliphatic carbocycles. The first-order chi connectivity index (χ1) is 11.0. The summed E-state index contributed by atoms with van der Waals surface area (Å²) in [6.07, 6.45) is 0.914. The second kappa shape index (κ2) is 6.07. The average Bonchev–Trinajstić information content (AvgIpc) is 3.06. The number of aliphatic hydroxyl groups is 2. The maximum atomic E-state index is 11.1. The minimum atomic E-state index is -0.150. The highest BCUT2D eigenvalue weighted by atomic mass is 32.1. The fourth-order valence-corrected chi connectivity index (χ4v) is 4.51. The molecule has 4 nitrogen and oxygen atoms in total. The molecule has 1 heterocycles. The number of aldehydes is 1. The molecule has 0 amide bonds. The number of fused-ring (bicyclic) bond motifs is 3. The fourth-order valence-electron chi connectivity index (χ4n) is 3.33. The van der Waals surface area contributed by atoms with Crippen LogP contribution >= 0.6 is 11.3 Å². The van der Waals surface area contributed by atoms with Gasteiger partial charge in [0.15, 0.2) is 6.29 Å². The van der Waals surface area contributed by atoms with E-state index in [1.807, 2.05) is 17.0 Å². The van der Waals surface area contributed by atoms with E-state index in [9.17, 15) is 15.0 Å². The summed E-state index contributed by atoms with van der Waals surface area (Å²) >= 11 is 1.54. The molecule has 3 rings (SSSR count). The summed E-state index contributed by atoms with van der Waals surface area (Å²) in [5, 5.41) is 18.5. The maximum Gasteiger partial charge on any atom is 0.160 e. The van der Waals surface area contributed by atoms with Gasteiger partial charge < -0.3 is 15.1 Å². The lowest BCUT2D eigenvalue weighted by Crippen LogP contribution is -2.30. The van der Waals surface area contributed by atoms with Gasteiger partial charge in [-0.05, 0) is 34.9 Å². The largest absolute Gasteiger partial charge is 0.395 e. The minimum absolute atomic E-state index is 0.0521. The van der Waals surface area contributed by atoms with Crippen LogP contribution in [0.2, 0.25) is 0 Å². The molecule has 0 bridgehead atoms. The van der Waals surface area contributed by atoms with E-state index in [0.29, 0.717) is 13.1 Å². The molecular weight excluding hydrogens is 310 g/mol. The topological polar surface area (TPSA) is 60.8 Å². The lowest BCUT2D eigenvalue weighted by molar-refractivity contribution is 0.112. The number of hydrogen-bond donors (Lipinski definition) is 2. The Balaban J connectivity index is 2.06. The Labute approximate surface area is 140 Å². The quantitative estimate of drug-likeness (QED) is 0.799. The van der Waals surface area contributed by atoms with Crippen LogP contribution in [0.25, 0.3) is 10.4 Å². The molecule has 23 heavy (non-hydrogen) atoms. The van der Waals surface area contributed by atoms with Crippen LogP contribution in [0.4, 0.5) is 5.69 Å². The third-order valence-electron chi connectivity index (χ3n) is 4.57. The number of carbonyl (C=O) groups excluding carboxylic acids is 1. The van der Waals surface area contributed by atoms with Gasteiger partial charge in [0.1, 0.15) is 0 Å². The van der Waals surface area contributed by atoms with E-state index in [1.54, 1.807) is 11.3 Å². The van der Waals surface area contributed by atoms with Crippen LogP contribution in [-0.2, 0) is 5.41 Å². The second-order valence-electron chi connectivity index (χ2n) is 6.30. The van der Waals surface area contributed by atoms with E-state index in [1.165, 1.54) is 21.6 Å². The van der Waals surface area contributed by atoms with Gasteiger partial charge >= 0.3 is 0 Å². The molecule has 0 fully saturated rings. The zero-order chi connectivity index (χ0) is 16.6. The Hall–Kier alpha value is -1.69. The standard InChI is InChI=1S/C18H21NO3S/c1-18(2)15-9-12(19(5-7-20)6-8-21)3-4-14(15)17-16(18)10-13(11-22)23-17/h3-4,9-11,20-21H,5-8H2,1-2H3. The third-order valence-corrected chi connectivity index (χ3v) is 5.66. The summed E-state index contributed by atoms with van der Waals surface area (Å²) in [5.74, 6) is 0. The lowest BCUT2D eigenvalue weighted by atomic mass is 9.82. The SMILES string of the molecule is CC1(C)c2cc(N(CCO)CCO)ccc2-c2sc(C=O)cc21. The van der Waals surface area contributed by atoms with E-state index in [-0.39, 0.29) is 18.6 Å². The minimum Gasteiger partial charge on any atom is -0.395 e. The van der Waals surface area contributed by atoms with Gasteiger partial charge in [0.2, 0.25) is 0 Å². The first-order valence-electron chi connectivity index (χ1n) is 7.74. The lowest BCUT2D eigenvalue weighted by Gasteiger charge is -2.26. The van der Waals surface area contributed by atoms with Gasteiger partial charge in [-0.2, -0.15) is 0 Å². The molecule has 1 aromatic heterocycles. The Kier molecular flexibility index (Phi) is 4.27. The van der Waals surface area contributed by atoms with Gasteiger partial charge in [0.25, 0.3) is 0 Å². The number of hydrogen-bond acceptors (Lipinski definition) is 5. The van der Waals surface area contributed by atoms with Crippen molar-refractivity contribution >= 4 is 23.3 Å². The van der Waals surface area contributed by atoms with Gasteiger partial charge in [0.05, 0.1) is 18.1 Å². The Morgan fingerprint density at radius 2 is 1.83 bits per heavy atom. The molecule has 5 heteroatoms. The third kappa shape index (κ3) is 2.59. The van der Waals surface area contributed by atoms with Crippen molar-refractivity contribution in [1.29, 1.82) is 0 Å². The Morgan fingerprint density at radius 1 is 1.13 bits per heavy atom. The summed E-state index contributed by atoms with van der Waals surface area (Å²) in [4.78, 5) is 15.0. The summed E-state index contributed by atoms with van der Waals surface area (Å²) in [6, 6.07) is 8.25. The van der Waals surface area contributed by atoms with Crippen LogP contribution in [0.15, 0.2) is 24.3 Å². The average molecular weight is 331 g/mol. The molecule has 0 unspecified atom stereocenters. The molecule has 0 atom stereocenters. The van der Waals surface area contributed by atoms with E-state index in [0.717, 1.165) is 16.9 Å². The zero-order valence-corrected chi connectivity index (χ0v) is 14.2.